The maximum atomic E-state index is 9.39. The monoisotopic (exact) mass is 206 g/mol. The van der Waals surface area contributed by atoms with Gasteiger partial charge in [-0.2, -0.15) is 0 Å². The van der Waals surface area contributed by atoms with Crippen LogP contribution in [-0.2, 0) is 11.2 Å². The minimum Gasteiger partial charge on any atom is -0.363 e. The number of benzene rings is 1. The van der Waals surface area contributed by atoms with Crippen molar-refractivity contribution in [2.45, 2.75) is 12.7 Å². The smallest absolute Gasteiger partial charge is 0.221 e. The zero-order valence-corrected chi connectivity index (χ0v) is 8.97. The molecule has 0 fully saturated rings. The fraction of sp³-hybridized carbons (Fsp3) is 0.300. The summed E-state index contributed by atoms with van der Waals surface area (Å²) in [6, 6.07) is 9.78. The zero-order chi connectivity index (χ0) is 10.4. The third-order valence-electron chi connectivity index (χ3n) is 1.88. The van der Waals surface area contributed by atoms with Crippen molar-refractivity contribution in [2.75, 3.05) is 7.11 Å². The summed E-state index contributed by atoms with van der Waals surface area (Å²) in [7, 11) is 4.45. The van der Waals surface area contributed by atoms with Crippen LogP contribution in [0, 0.1) is 0 Å². The molecule has 0 saturated heterocycles. The van der Waals surface area contributed by atoms with E-state index in [-0.39, 0.29) is 0 Å². The van der Waals surface area contributed by atoms with Gasteiger partial charge in [0.25, 0.3) is 0 Å². The summed E-state index contributed by atoms with van der Waals surface area (Å²) in [5.41, 5.74) is 1.64. The predicted octanol–water partition coefficient (Wildman–Crippen LogP) is 0.718. The molecule has 0 aromatic heterocycles. The lowest BCUT2D eigenvalue weighted by atomic mass is 10.1. The van der Waals surface area contributed by atoms with Gasteiger partial charge in [0.2, 0.25) is 10.4 Å². The van der Waals surface area contributed by atoms with Gasteiger partial charge in [-0.15, -0.1) is 0 Å². The van der Waals surface area contributed by atoms with Crippen molar-refractivity contribution in [3.05, 3.63) is 35.9 Å². The topological polar surface area (TPSA) is 41.8 Å². The number of aliphatic hydroxyl groups is 1. The first-order valence-electron chi connectivity index (χ1n) is 4.26. The van der Waals surface area contributed by atoms with E-state index in [0.29, 0.717) is 12.1 Å². The molecule has 0 heterocycles. The Balaban J connectivity index is 2.68. The highest BCUT2D eigenvalue weighted by Gasteiger charge is 2.10. The van der Waals surface area contributed by atoms with Crippen molar-refractivity contribution in [3.63, 3.8) is 0 Å². The summed E-state index contributed by atoms with van der Waals surface area (Å²) >= 11 is 0. The van der Waals surface area contributed by atoms with E-state index in [1.54, 1.807) is 0 Å². The van der Waals surface area contributed by atoms with Crippen LogP contribution < -0.4 is 0 Å². The van der Waals surface area contributed by atoms with E-state index < -0.39 is 6.29 Å². The van der Waals surface area contributed by atoms with Crippen LogP contribution in [0.1, 0.15) is 5.56 Å². The molecule has 0 bridgehead atoms. The van der Waals surface area contributed by atoms with Gasteiger partial charge in [0, 0.05) is 13.5 Å². The maximum Gasteiger partial charge on any atom is 0.221 e. The number of ether oxygens (including phenoxy) is 1. The molecule has 0 aliphatic rings. The molecule has 0 amide bonds. The maximum absolute atomic E-state index is 9.39. The summed E-state index contributed by atoms with van der Waals surface area (Å²) in [5.74, 6) is 0. The molecule has 1 aromatic carbocycles. The Kier molecular flexibility index (Phi) is 4.52. The molecule has 4 heteroatoms. The molecule has 1 aromatic rings. The third-order valence-corrected chi connectivity index (χ3v) is 2.17. The number of methoxy groups -OCH3 is 1. The lowest BCUT2D eigenvalue weighted by Crippen LogP contribution is -2.24. The van der Waals surface area contributed by atoms with Crippen molar-refractivity contribution in [1.82, 2.24) is 0 Å². The van der Waals surface area contributed by atoms with Gasteiger partial charge in [0.05, 0.1) is 5.71 Å². The molecule has 14 heavy (non-hydrogen) atoms. The Morgan fingerprint density at radius 2 is 2.14 bits per heavy atom. The molecule has 0 saturated carbocycles. The number of aliphatic hydroxyl groups excluding tert-OH is 1. The van der Waals surface area contributed by atoms with Crippen LogP contribution in [0.5, 0.6) is 0 Å². The van der Waals surface area contributed by atoms with Crippen LogP contribution in [0.15, 0.2) is 35.0 Å². The molecule has 1 rings (SSSR count). The van der Waals surface area contributed by atoms with Crippen molar-refractivity contribution in [3.8, 4) is 0 Å². The van der Waals surface area contributed by atoms with Gasteiger partial charge in [0.15, 0.2) is 6.29 Å². The summed E-state index contributed by atoms with van der Waals surface area (Å²) in [6.07, 6.45) is -0.382. The van der Waals surface area contributed by atoms with Crippen LogP contribution in [0.4, 0.5) is 0 Å². The van der Waals surface area contributed by atoms with Crippen molar-refractivity contribution >= 4 is 16.1 Å². The second kappa shape index (κ2) is 5.69. The Morgan fingerprint density at radius 1 is 1.50 bits per heavy atom. The zero-order valence-electron chi connectivity index (χ0n) is 7.97. The van der Waals surface area contributed by atoms with Crippen molar-refractivity contribution < 1.29 is 9.84 Å². The standard InChI is InChI=1S/C10H12NO2Si/c1-13-10(12)9(11-14)7-8-5-3-2-4-6-8/h2-6,10,12H,7H2,1H3/b11-9-. The Bertz CT molecular complexity index is 300. The largest absolute Gasteiger partial charge is 0.363 e. The second-order valence-corrected chi connectivity index (χ2v) is 3.08. The first-order valence-corrected chi connectivity index (χ1v) is 4.70. The molecular weight excluding hydrogens is 194 g/mol. The molecule has 1 N–H and O–H groups in total. The average Bonchev–Trinajstić information content (AvgIpc) is 2.26. The first kappa shape index (κ1) is 11.1. The van der Waals surface area contributed by atoms with Crippen LogP contribution >= 0.6 is 0 Å². The molecule has 3 nitrogen and oxygen atoms in total. The number of rotatable bonds is 4. The van der Waals surface area contributed by atoms with Gasteiger partial charge in [0.1, 0.15) is 0 Å². The van der Waals surface area contributed by atoms with Gasteiger partial charge in [-0.3, -0.25) is 0 Å². The molecule has 73 valence electrons. The van der Waals surface area contributed by atoms with Crippen LogP contribution in [0.3, 0.4) is 0 Å². The number of nitrogens with zero attached hydrogens (tertiary/aromatic N) is 1. The predicted molar refractivity (Wildman–Crippen MR) is 56.4 cm³/mol. The van der Waals surface area contributed by atoms with E-state index in [1.807, 2.05) is 30.3 Å². The van der Waals surface area contributed by atoms with E-state index in [1.165, 1.54) is 7.11 Å². The lowest BCUT2D eigenvalue weighted by molar-refractivity contribution is -0.0208. The molecule has 0 spiro atoms. The fourth-order valence-corrected chi connectivity index (χ4v) is 1.31. The molecule has 0 aliphatic carbocycles. The second-order valence-electron chi connectivity index (χ2n) is 2.85. The highest BCUT2D eigenvalue weighted by molar-refractivity contribution is 6.13. The Morgan fingerprint density at radius 3 is 2.64 bits per heavy atom. The summed E-state index contributed by atoms with van der Waals surface area (Å²) in [4.78, 5) is 0. The highest BCUT2D eigenvalue weighted by Crippen LogP contribution is 2.03. The van der Waals surface area contributed by atoms with Gasteiger partial charge >= 0.3 is 0 Å². The van der Waals surface area contributed by atoms with Gasteiger partial charge in [-0.1, -0.05) is 30.3 Å². The molecular formula is C10H12NO2Si. The Labute approximate surface area is 86.9 Å². The minimum absolute atomic E-state index is 0.551. The SMILES string of the molecule is COC(O)/C(Cc1ccccc1)=N\[Si]. The van der Waals surface area contributed by atoms with Gasteiger partial charge in [-0.25, -0.2) is 0 Å². The summed E-state index contributed by atoms with van der Waals surface area (Å²) < 4.78 is 8.57. The van der Waals surface area contributed by atoms with Crippen LogP contribution in [0.2, 0.25) is 0 Å². The van der Waals surface area contributed by atoms with Crippen molar-refractivity contribution in [1.29, 1.82) is 0 Å². The van der Waals surface area contributed by atoms with Gasteiger partial charge in [-0.05, 0) is 5.56 Å². The number of hydrogen-bond acceptors (Lipinski definition) is 3. The molecule has 0 aliphatic heterocycles. The molecule has 1 unspecified atom stereocenters. The van der Waals surface area contributed by atoms with Crippen molar-refractivity contribution in [2.24, 2.45) is 4.66 Å². The summed E-state index contributed by atoms with van der Waals surface area (Å²) in [6.45, 7) is 0. The first-order chi connectivity index (χ1) is 6.77. The summed E-state index contributed by atoms with van der Waals surface area (Å²) in [5, 5.41) is 9.39. The average molecular weight is 206 g/mol. The van der Waals surface area contributed by atoms with E-state index in [2.05, 4.69) is 15.1 Å². The van der Waals surface area contributed by atoms with E-state index in [9.17, 15) is 5.11 Å². The normalized spacial score (nSPS) is 14.1. The lowest BCUT2D eigenvalue weighted by Gasteiger charge is -2.11. The van der Waals surface area contributed by atoms with E-state index in [0.717, 1.165) is 5.56 Å². The Hall–Kier alpha value is -0.973. The van der Waals surface area contributed by atoms with E-state index >= 15 is 0 Å². The van der Waals surface area contributed by atoms with E-state index in [4.69, 9.17) is 4.74 Å². The van der Waals surface area contributed by atoms with Gasteiger partial charge < -0.3 is 14.5 Å². The molecule has 3 radical (unpaired) electrons. The third kappa shape index (κ3) is 3.06. The highest BCUT2D eigenvalue weighted by atomic mass is 28.2. The fourth-order valence-electron chi connectivity index (χ4n) is 1.12. The number of hydrogen-bond donors (Lipinski definition) is 1. The van der Waals surface area contributed by atoms with Crippen LogP contribution in [0.25, 0.3) is 0 Å². The quantitative estimate of drug-likeness (QED) is 0.448. The molecule has 1 atom stereocenters. The van der Waals surface area contributed by atoms with Crippen LogP contribution in [-0.4, -0.2) is 34.6 Å². The minimum atomic E-state index is -0.951.